The maximum atomic E-state index is 16.4. The number of fused-ring (bicyclic) bond motifs is 2. The van der Waals surface area contributed by atoms with Crippen LogP contribution < -0.4 is 15.4 Å². The highest BCUT2D eigenvalue weighted by Crippen LogP contribution is 2.45. The number of rotatable bonds is 5. The van der Waals surface area contributed by atoms with Crippen LogP contribution >= 0.6 is 11.6 Å². The zero-order valence-corrected chi connectivity index (χ0v) is 22.9. The molecule has 3 saturated heterocycles. The lowest BCUT2D eigenvalue weighted by atomic mass is 9.95. The highest BCUT2D eigenvalue weighted by atomic mass is 35.5. The minimum absolute atomic E-state index is 0.0667. The quantitative estimate of drug-likeness (QED) is 0.399. The van der Waals surface area contributed by atoms with Gasteiger partial charge in [0.2, 0.25) is 0 Å². The summed E-state index contributed by atoms with van der Waals surface area (Å²) in [6, 6.07) is 2.14. The zero-order chi connectivity index (χ0) is 29.3. The lowest BCUT2D eigenvalue weighted by Gasteiger charge is -2.31. The molecule has 8 nitrogen and oxygen atoms in total. The van der Waals surface area contributed by atoms with Crippen molar-refractivity contribution < 1.29 is 31.8 Å². The Bertz CT molecular complexity index is 1520. The van der Waals surface area contributed by atoms with Gasteiger partial charge in [-0.05, 0) is 50.4 Å². The molecule has 14 heteroatoms. The van der Waals surface area contributed by atoms with Gasteiger partial charge in [-0.25, -0.2) is 13.8 Å². The zero-order valence-electron chi connectivity index (χ0n) is 22.1. The summed E-state index contributed by atoms with van der Waals surface area (Å²) in [5, 5.41) is 9.95. The maximum absolute atomic E-state index is 16.4. The van der Waals surface area contributed by atoms with Gasteiger partial charge < -0.3 is 20.5 Å². The van der Waals surface area contributed by atoms with Crippen LogP contribution in [0.25, 0.3) is 22.2 Å². The summed E-state index contributed by atoms with van der Waals surface area (Å²) in [5.41, 5.74) is 2.16. The van der Waals surface area contributed by atoms with E-state index in [1.54, 1.807) is 4.90 Å². The number of nitrogens with two attached hydrogens (primary N) is 1. The minimum atomic E-state index is -4.87. The van der Waals surface area contributed by atoms with Gasteiger partial charge >= 0.3 is 12.2 Å². The lowest BCUT2D eigenvalue weighted by molar-refractivity contribution is -0.137. The average Bonchev–Trinajstić information content (AvgIpc) is 3.55. The third-order valence-electron chi connectivity index (χ3n) is 8.29. The SMILES string of the molecule is Cc1cc(N)nc(-c2c(Cl)cc3c(N4CC[C@H](O)C4)nc(OC[C@@]45CCCN4C[C@H](F)C5)nc3c2F)c1C(F)(F)F. The molecule has 0 amide bonds. The Morgan fingerprint density at radius 1 is 1.20 bits per heavy atom. The number of aryl methyl sites for hydroxylation is 1. The van der Waals surface area contributed by atoms with Gasteiger partial charge in [0.05, 0.1) is 33.5 Å². The summed E-state index contributed by atoms with van der Waals surface area (Å²) in [6.45, 7) is 2.91. The molecule has 3 aliphatic heterocycles. The largest absolute Gasteiger partial charge is 0.461 e. The van der Waals surface area contributed by atoms with Crippen molar-refractivity contribution in [2.24, 2.45) is 0 Å². The predicted molar refractivity (Wildman–Crippen MR) is 143 cm³/mol. The standard InChI is InChI=1S/C27H28ClF5N6O2/c1-13-7-18(34)35-23(20(13)27(31,32)33)19-17(28)8-16-22(21(19)30)36-25(37-24(16)38-6-3-15(40)11-38)41-12-26-4-2-5-39(26)10-14(29)9-26/h7-8,14-15,40H,2-6,9-12H2,1H3,(H2,34,35)/t14-,15+,26+/m1/s1. The van der Waals surface area contributed by atoms with E-state index < -0.39 is 46.6 Å². The van der Waals surface area contributed by atoms with Crippen molar-refractivity contribution >= 4 is 34.1 Å². The fourth-order valence-electron chi connectivity index (χ4n) is 6.50. The van der Waals surface area contributed by atoms with Crippen LogP contribution in [0.4, 0.5) is 33.6 Å². The van der Waals surface area contributed by atoms with Gasteiger partial charge in [0.1, 0.15) is 29.9 Å². The Morgan fingerprint density at radius 2 is 1.98 bits per heavy atom. The van der Waals surface area contributed by atoms with Gasteiger partial charge in [0.25, 0.3) is 0 Å². The van der Waals surface area contributed by atoms with E-state index in [9.17, 15) is 22.7 Å². The Morgan fingerprint density at radius 3 is 2.68 bits per heavy atom. The van der Waals surface area contributed by atoms with E-state index in [0.717, 1.165) is 25.5 Å². The molecule has 3 aromatic rings. The molecule has 41 heavy (non-hydrogen) atoms. The summed E-state index contributed by atoms with van der Waals surface area (Å²) in [4.78, 5) is 16.4. The average molecular weight is 599 g/mol. The summed E-state index contributed by atoms with van der Waals surface area (Å²) in [6.07, 6.45) is -4.17. The first-order valence-electron chi connectivity index (χ1n) is 13.4. The van der Waals surface area contributed by atoms with Gasteiger partial charge in [-0.15, -0.1) is 0 Å². The number of halogens is 6. The van der Waals surface area contributed by atoms with Gasteiger partial charge in [0, 0.05) is 31.4 Å². The number of aromatic nitrogens is 3. The fourth-order valence-corrected chi connectivity index (χ4v) is 6.78. The molecule has 3 fully saturated rings. The van der Waals surface area contributed by atoms with Crippen molar-refractivity contribution in [3.05, 3.63) is 34.1 Å². The number of pyridine rings is 1. The molecule has 3 N–H and O–H groups in total. The molecule has 2 aromatic heterocycles. The van der Waals surface area contributed by atoms with E-state index in [1.807, 2.05) is 4.90 Å². The molecule has 5 heterocycles. The molecule has 0 radical (unpaired) electrons. The second-order valence-corrected chi connectivity index (χ2v) is 11.5. The second-order valence-electron chi connectivity index (χ2n) is 11.1. The molecule has 220 valence electrons. The predicted octanol–water partition coefficient (Wildman–Crippen LogP) is 4.92. The number of hydrogen-bond donors (Lipinski definition) is 2. The highest BCUT2D eigenvalue weighted by Gasteiger charge is 2.49. The Hall–Kier alpha value is -3.03. The molecule has 3 atom stereocenters. The van der Waals surface area contributed by atoms with Crippen LogP contribution in [0.5, 0.6) is 6.01 Å². The molecule has 1 aromatic carbocycles. The molecule has 0 aliphatic carbocycles. The summed E-state index contributed by atoms with van der Waals surface area (Å²) in [7, 11) is 0. The van der Waals surface area contributed by atoms with E-state index >= 15 is 4.39 Å². The van der Waals surface area contributed by atoms with Gasteiger partial charge in [-0.2, -0.15) is 23.1 Å². The van der Waals surface area contributed by atoms with Crippen molar-refractivity contribution in [2.75, 3.05) is 43.4 Å². The van der Waals surface area contributed by atoms with E-state index in [0.29, 0.717) is 25.9 Å². The van der Waals surface area contributed by atoms with Crippen LogP contribution in [0.2, 0.25) is 5.02 Å². The number of anilines is 2. The number of aliphatic hydroxyl groups excluding tert-OH is 1. The molecule has 3 aliphatic rings. The van der Waals surface area contributed by atoms with Gasteiger partial charge in [-0.1, -0.05) is 11.6 Å². The first kappa shape index (κ1) is 28.1. The van der Waals surface area contributed by atoms with Crippen LogP contribution in [0.3, 0.4) is 0 Å². The Balaban J connectivity index is 1.50. The monoisotopic (exact) mass is 598 g/mol. The Labute approximate surface area is 237 Å². The van der Waals surface area contributed by atoms with Crippen LogP contribution in [0.15, 0.2) is 12.1 Å². The van der Waals surface area contributed by atoms with Crippen molar-refractivity contribution in [3.8, 4) is 17.3 Å². The number of nitrogen functional groups attached to an aromatic ring is 1. The number of β-amino-alcohol motifs (C(OH)–C–C–N with tert-alkyl or cyclic N) is 1. The minimum Gasteiger partial charge on any atom is -0.461 e. The molecule has 0 unspecified atom stereocenters. The van der Waals surface area contributed by atoms with Crippen molar-refractivity contribution in [1.82, 2.24) is 19.9 Å². The topological polar surface area (TPSA) is 101 Å². The number of nitrogens with zero attached hydrogens (tertiary/aromatic N) is 5. The van der Waals surface area contributed by atoms with Gasteiger partial charge in [-0.3, -0.25) is 4.90 Å². The summed E-state index contributed by atoms with van der Waals surface area (Å²) < 4.78 is 79.0. The number of alkyl halides is 4. The third kappa shape index (κ3) is 4.91. The number of benzene rings is 1. The number of aliphatic hydroxyl groups is 1. The molecule has 0 spiro atoms. The summed E-state index contributed by atoms with van der Waals surface area (Å²) >= 11 is 6.45. The second kappa shape index (κ2) is 10.1. The van der Waals surface area contributed by atoms with E-state index in [2.05, 4.69) is 15.0 Å². The maximum Gasteiger partial charge on any atom is 0.418 e. The van der Waals surface area contributed by atoms with E-state index in [1.165, 1.54) is 13.0 Å². The first-order valence-corrected chi connectivity index (χ1v) is 13.7. The first-order chi connectivity index (χ1) is 19.4. The Kier molecular flexibility index (Phi) is 6.89. The van der Waals surface area contributed by atoms with E-state index in [-0.39, 0.29) is 52.3 Å². The van der Waals surface area contributed by atoms with E-state index in [4.69, 9.17) is 22.1 Å². The normalized spacial score (nSPS) is 24.9. The van der Waals surface area contributed by atoms with Crippen LogP contribution in [-0.4, -0.2) is 75.6 Å². The number of hydrogen-bond acceptors (Lipinski definition) is 8. The van der Waals surface area contributed by atoms with Crippen LogP contribution in [0.1, 0.15) is 36.8 Å². The smallest absolute Gasteiger partial charge is 0.418 e. The lowest BCUT2D eigenvalue weighted by Crippen LogP contribution is -2.43. The van der Waals surface area contributed by atoms with Crippen LogP contribution in [0, 0.1) is 12.7 Å². The van der Waals surface area contributed by atoms with Gasteiger partial charge in [0.15, 0.2) is 5.82 Å². The number of ether oxygens (including phenoxy) is 1. The van der Waals surface area contributed by atoms with Crippen molar-refractivity contribution in [1.29, 1.82) is 0 Å². The molecule has 6 rings (SSSR count). The molecular formula is C27H28ClF5N6O2. The third-order valence-corrected chi connectivity index (χ3v) is 8.59. The molecular weight excluding hydrogens is 571 g/mol. The van der Waals surface area contributed by atoms with Crippen molar-refractivity contribution in [2.45, 2.75) is 56.6 Å². The summed E-state index contributed by atoms with van der Waals surface area (Å²) in [5.74, 6) is -1.16. The van der Waals surface area contributed by atoms with Crippen molar-refractivity contribution in [3.63, 3.8) is 0 Å². The molecule has 0 bridgehead atoms. The van der Waals surface area contributed by atoms with Crippen LogP contribution in [-0.2, 0) is 6.18 Å². The molecule has 0 saturated carbocycles. The highest BCUT2D eigenvalue weighted by molar-refractivity contribution is 6.34. The fraction of sp³-hybridized carbons (Fsp3) is 0.519.